The lowest BCUT2D eigenvalue weighted by atomic mass is 10.2. The smallest absolute Gasteiger partial charge is 0.314 e. The van der Waals surface area contributed by atoms with Crippen molar-refractivity contribution in [3.63, 3.8) is 0 Å². The second kappa shape index (κ2) is 10.7. The van der Waals surface area contributed by atoms with Crippen molar-refractivity contribution in [2.45, 2.75) is 12.8 Å². The summed E-state index contributed by atoms with van der Waals surface area (Å²) in [5, 5.41) is 3.27. The Morgan fingerprint density at radius 1 is 1.00 bits per heavy atom. The first-order valence-electron chi connectivity index (χ1n) is 7.59. The second-order valence-electron chi connectivity index (χ2n) is 5.17. The number of hydrogen-bond acceptors (Lipinski definition) is 8. The number of nitrogens with one attached hydrogen (secondary N) is 4. The van der Waals surface area contributed by atoms with Crippen molar-refractivity contribution in [2.75, 3.05) is 19.4 Å². The van der Waals surface area contributed by atoms with E-state index in [2.05, 4.69) is 29.2 Å². The maximum atomic E-state index is 11.1. The van der Waals surface area contributed by atoms with Crippen molar-refractivity contribution < 1.29 is 12.6 Å². The molecule has 28 heavy (non-hydrogen) atoms. The van der Waals surface area contributed by atoms with Crippen molar-refractivity contribution in [1.82, 2.24) is 19.9 Å². The molecule has 0 amide bonds. The molecule has 2 heterocycles. The van der Waals surface area contributed by atoms with Gasteiger partial charge in [0.25, 0.3) is 21.2 Å². The van der Waals surface area contributed by atoms with Crippen molar-refractivity contribution in [2.24, 2.45) is 5.11 Å². The Morgan fingerprint density at radius 2 is 1.50 bits per heavy atom. The van der Waals surface area contributed by atoms with Gasteiger partial charge in [-0.25, -0.2) is 9.59 Å². The first-order chi connectivity index (χ1) is 13.1. The first kappa shape index (κ1) is 22.6. The molecule has 2 rings (SSSR count). The van der Waals surface area contributed by atoms with Crippen LogP contribution in [0.3, 0.4) is 0 Å². The third-order valence-electron chi connectivity index (χ3n) is 3.01. The zero-order valence-corrected chi connectivity index (χ0v) is 15.4. The summed E-state index contributed by atoms with van der Waals surface area (Å²) in [5.74, 6) is 0. The van der Waals surface area contributed by atoms with E-state index in [9.17, 15) is 27.6 Å². The fraction of sp³-hybridized carbons (Fsp3) is 0.385. The quantitative estimate of drug-likeness (QED) is 0.181. The maximum absolute atomic E-state index is 11.1. The van der Waals surface area contributed by atoms with Gasteiger partial charge in [-0.1, -0.05) is 5.11 Å². The lowest BCUT2D eigenvalue weighted by Gasteiger charge is -1.99. The van der Waals surface area contributed by atoms with Crippen LogP contribution in [0.2, 0.25) is 0 Å². The van der Waals surface area contributed by atoms with Gasteiger partial charge in [-0.2, -0.15) is 8.42 Å². The van der Waals surface area contributed by atoms with Crippen LogP contribution < -0.4 is 22.5 Å². The third kappa shape index (κ3) is 8.79. The third-order valence-corrected chi connectivity index (χ3v) is 3.60. The largest absolute Gasteiger partial charge is 0.325 e. The molecule has 4 N–H and O–H groups in total. The number of nitrogens with zero attached hydrogens (tertiary/aromatic N) is 3. The molecular formula is C13H17N7O7S. The highest BCUT2D eigenvalue weighted by atomic mass is 32.2. The highest BCUT2D eigenvalue weighted by Gasteiger charge is 2.04. The predicted octanol–water partition coefficient (Wildman–Crippen LogP) is -1.50. The minimum absolute atomic E-state index is 0.110. The molecule has 0 aromatic carbocycles. The Bertz CT molecular complexity index is 1170. The van der Waals surface area contributed by atoms with E-state index in [1.807, 2.05) is 4.98 Å². The van der Waals surface area contributed by atoms with Crippen LogP contribution in [-0.4, -0.2) is 47.8 Å². The van der Waals surface area contributed by atoms with Gasteiger partial charge in [-0.15, -0.1) is 0 Å². The van der Waals surface area contributed by atoms with E-state index < -0.39 is 32.6 Å². The minimum atomic E-state index is -3.50. The highest BCUT2D eigenvalue weighted by molar-refractivity contribution is 7.85. The van der Waals surface area contributed by atoms with Crippen LogP contribution in [0.4, 0.5) is 0 Å². The summed E-state index contributed by atoms with van der Waals surface area (Å²) in [7, 11) is -3.50. The van der Waals surface area contributed by atoms with Crippen LogP contribution >= 0.6 is 0 Å². The van der Waals surface area contributed by atoms with Gasteiger partial charge in [-0.05, 0) is 12.0 Å². The molecule has 2 aromatic rings. The van der Waals surface area contributed by atoms with E-state index in [0.717, 1.165) is 6.26 Å². The Morgan fingerprint density at radius 3 is 1.93 bits per heavy atom. The van der Waals surface area contributed by atoms with Gasteiger partial charge in [-0.3, -0.25) is 23.7 Å². The Balaban J connectivity index is 0.000000283. The standard InChI is InChI=1S/C7H10N2O5S.C6H7N5O2/c1-15(12,13)14-3-2-5-4-8-7(11)9-6(5)10;7-11-9-2-1-4-3-8-6(13)10-5(4)12/h4H,2-3H2,1H3,(H2,8,9,10,11);3H,1-2H2,(H2,8,10,12,13). The van der Waals surface area contributed by atoms with Crippen LogP contribution in [0, 0.1) is 0 Å². The lowest BCUT2D eigenvalue weighted by molar-refractivity contribution is 0.325. The fourth-order valence-corrected chi connectivity index (χ4v) is 2.15. The SMILES string of the molecule is CS(=O)(=O)OCCc1c[nH]c(=O)[nH]c1=O.[N-]=[N+]=NCCc1c[nH]c(=O)[nH]c1=O. The lowest BCUT2D eigenvalue weighted by Crippen LogP contribution is -2.25. The number of azide groups is 1. The molecule has 0 unspecified atom stereocenters. The summed E-state index contributed by atoms with van der Waals surface area (Å²) in [6, 6.07) is 0. The highest BCUT2D eigenvalue weighted by Crippen LogP contribution is 1.92. The molecule has 0 saturated carbocycles. The van der Waals surface area contributed by atoms with Gasteiger partial charge in [0.2, 0.25) is 0 Å². The summed E-state index contributed by atoms with van der Waals surface area (Å²) in [4.78, 5) is 54.6. The van der Waals surface area contributed by atoms with E-state index in [-0.39, 0.29) is 25.1 Å². The molecule has 152 valence electrons. The van der Waals surface area contributed by atoms with Crippen LogP contribution in [0.5, 0.6) is 0 Å². The normalized spacial score (nSPS) is 10.5. The summed E-state index contributed by atoms with van der Waals surface area (Å²) in [5.41, 5.74) is 6.49. The molecule has 2 aromatic heterocycles. The van der Waals surface area contributed by atoms with Crippen LogP contribution in [0.15, 0.2) is 36.7 Å². The topological polar surface area (TPSA) is 224 Å². The molecule has 0 aliphatic rings. The van der Waals surface area contributed by atoms with E-state index >= 15 is 0 Å². The number of H-pyrrole nitrogens is 4. The first-order valence-corrected chi connectivity index (χ1v) is 9.41. The van der Waals surface area contributed by atoms with Crippen molar-refractivity contribution in [3.8, 4) is 0 Å². The number of aromatic nitrogens is 4. The molecule has 0 fully saturated rings. The van der Waals surface area contributed by atoms with Crippen molar-refractivity contribution in [1.29, 1.82) is 0 Å². The van der Waals surface area contributed by atoms with E-state index in [1.165, 1.54) is 12.4 Å². The van der Waals surface area contributed by atoms with Crippen molar-refractivity contribution in [3.05, 3.63) is 75.6 Å². The molecule has 15 heteroatoms. The number of aromatic amines is 4. The molecule has 14 nitrogen and oxygen atoms in total. The van der Waals surface area contributed by atoms with Crippen LogP contribution in [0.1, 0.15) is 11.1 Å². The number of rotatable bonds is 7. The van der Waals surface area contributed by atoms with Gasteiger partial charge < -0.3 is 9.97 Å². The average molecular weight is 415 g/mol. The minimum Gasteiger partial charge on any atom is -0.314 e. The van der Waals surface area contributed by atoms with E-state index in [0.29, 0.717) is 12.0 Å². The molecule has 0 atom stereocenters. The summed E-state index contributed by atoms with van der Waals surface area (Å²) in [6.07, 6.45) is 3.89. The zero-order chi connectivity index (χ0) is 21.2. The molecule has 0 radical (unpaired) electrons. The Kier molecular flexibility index (Phi) is 8.61. The van der Waals surface area contributed by atoms with Gasteiger partial charge >= 0.3 is 11.4 Å². The Hall–Kier alpha value is -3.42. The van der Waals surface area contributed by atoms with Crippen molar-refractivity contribution >= 4 is 10.1 Å². The fourth-order valence-electron chi connectivity index (χ4n) is 1.76. The van der Waals surface area contributed by atoms with Gasteiger partial charge in [0.1, 0.15) is 0 Å². The van der Waals surface area contributed by atoms with Crippen LogP contribution in [0.25, 0.3) is 10.4 Å². The predicted molar refractivity (Wildman–Crippen MR) is 97.6 cm³/mol. The molecule has 0 spiro atoms. The molecular weight excluding hydrogens is 398 g/mol. The van der Waals surface area contributed by atoms with Gasteiger partial charge in [0.15, 0.2) is 0 Å². The number of hydrogen-bond donors (Lipinski definition) is 4. The molecule has 0 aliphatic carbocycles. The van der Waals surface area contributed by atoms with E-state index in [4.69, 9.17) is 5.53 Å². The Labute approximate surface area is 156 Å². The monoisotopic (exact) mass is 415 g/mol. The maximum Gasteiger partial charge on any atom is 0.325 e. The van der Waals surface area contributed by atoms with Crippen LogP contribution in [-0.2, 0) is 27.1 Å². The molecule has 0 saturated heterocycles. The second-order valence-corrected chi connectivity index (χ2v) is 6.82. The summed E-state index contributed by atoms with van der Waals surface area (Å²) >= 11 is 0. The average Bonchev–Trinajstić information content (AvgIpc) is 2.58. The van der Waals surface area contributed by atoms with Gasteiger partial charge in [0, 0.05) is 41.4 Å². The molecule has 0 bridgehead atoms. The molecule has 0 aliphatic heterocycles. The zero-order valence-electron chi connectivity index (χ0n) is 14.6. The summed E-state index contributed by atoms with van der Waals surface area (Å²) in [6.45, 7) is 0.0690. The van der Waals surface area contributed by atoms with Gasteiger partial charge in [0.05, 0.1) is 12.9 Å². The summed E-state index contributed by atoms with van der Waals surface area (Å²) < 4.78 is 25.6. The van der Waals surface area contributed by atoms with E-state index in [1.54, 1.807) is 0 Å².